The first-order valence-corrected chi connectivity index (χ1v) is 5.10. The van der Waals surface area contributed by atoms with Crippen molar-refractivity contribution in [3.05, 3.63) is 65.6 Å². The number of aliphatic hydroxyl groups is 1. The maximum atomic E-state index is 11.3. The van der Waals surface area contributed by atoms with Crippen LogP contribution in [0.2, 0.25) is 0 Å². The molecule has 0 bridgehead atoms. The van der Waals surface area contributed by atoms with Gasteiger partial charge in [0.25, 0.3) is 0 Å². The van der Waals surface area contributed by atoms with Crippen molar-refractivity contribution in [3.63, 3.8) is 0 Å². The van der Waals surface area contributed by atoms with Crippen LogP contribution in [0.25, 0.3) is 0 Å². The van der Waals surface area contributed by atoms with E-state index in [1.54, 1.807) is 30.4 Å². The maximum absolute atomic E-state index is 11.3. The number of hydrogen-bond acceptors (Lipinski definition) is 4. The van der Waals surface area contributed by atoms with Gasteiger partial charge in [-0.2, -0.15) is 5.10 Å². The lowest BCUT2D eigenvalue weighted by Gasteiger charge is -2.08. The van der Waals surface area contributed by atoms with Crippen molar-refractivity contribution in [2.24, 2.45) is 5.10 Å². The Morgan fingerprint density at radius 3 is 2.65 bits per heavy atom. The predicted molar refractivity (Wildman–Crippen MR) is 64.6 cm³/mol. The highest BCUT2D eigenvalue weighted by Crippen LogP contribution is 2.10. The smallest absolute Gasteiger partial charge is 0.212 e. The molecule has 0 unspecified atom stereocenters. The van der Waals surface area contributed by atoms with Crippen molar-refractivity contribution >= 4 is 6.21 Å². The van der Waals surface area contributed by atoms with Gasteiger partial charge in [0, 0.05) is 5.57 Å². The zero-order valence-electron chi connectivity index (χ0n) is 9.00. The molecule has 0 amide bonds. The van der Waals surface area contributed by atoms with Gasteiger partial charge in [0.2, 0.25) is 5.88 Å². The van der Waals surface area contributed by atoms with E-state index in [9.17, 15) is 10.2 Å². The summed E-state index contributed by atoms with van der Waals surface area (Å²) in [6, 6.07) is 6.54. The molecule has 1 aromatic rings. The fraction of sp³-hybridized carbons (Fsp3) is 0. The van der Waals surface area contributed by atoms with Gasteiger partial charge in [-0.1, -0.05) is 42.2 Å². The number of hydrazone groups is 1. The highest BCUT2D eigenvalue weighted by atomic mass is 16.3. The zero-order chi connectivity index (χ0) is 12.1. The summed E-state index contributed by atoms with van der Waals surface area (Å²) in [6.07, 6.45) is 8.49. The number of benzene rings is 1. The largest absolute Gasteiger partial charge is 0.872 e. The highest BCUT2D eigenvalue weighted by Gasteiger charge is 1.99. The third kappa shape index (κ3) is 2.75. The molecule has 2 rings (SSSR count). The number of hydrogen-bond donors (Lipinski definition) is 2. The van der Waals surface area contributed by atoms with Crippen molar-refractivity contribution < 1.29 is 10.2 Å². The first-order chi connectivity index (χ1) is 8.27. The predicted octanol–water partition coefficient (Wildman–Crippen LogP) is 1.58. The van der Waals surface area contributed by atoms with Crippen LogP contribution < -0.4 is 10.5 Å². The second-order valence-corrected chi connectivity index (χ2v) is 3.43. The Kier molecular flexibility index (Phi) is 3.25. The molecule has 1 aliphatic rings. The summed E-state index contributed by atoms with van der Waals surface area (Å²) in [4.78, 5) is 0. The first-order valence-electron chi connectivity index (χ1n) is 5.10. The number of aliphatic hydroxyl groups excluding tert-OH is 1. The van der Waals surface area contributed by atoms with Gasteiger partial charge in [0.1, 0.15) is 0 Å². The van der Waals surface area contributed by atoms with Gasteiger partial charge in [0.05, 0.1) is 6.21 Å². The third-order valence-electron chi connectivity index (χ3n) is 2.23. The lowest BCUT2D eigenvalue weighted by molar-refractivity contribution is -0.268. The number of allylic oxidation sites excluding steroid dienone is 5. The van der Waals surface area contributed by atoms with Gasteiger partial charge >= 0.3 is 0 Å². The Morgan fingerprint density at radius 2 is 1.94 bits per heavy atom. The topological polar surface area (TPSA) is 67.7 Å². The van der Waals surface area contributed by atoms with E-state index in [-0.39, 0.29) is 11.6 Å². The molecule has 0 saturated heterocycles. The van der Waals surface area contributed by atoms with Crippen LogP contribution in [0, 0.1) is 0 Å². The summed E-state index contributed by atoms with van der Waals surface area (Å²) >= 11 is 0. The summed E-state index contributed by atoms with van der Waals surface area (Å²) in [5, 5.41) is 24.7. The summed E-state index contributed by atoms with van der Waals surface area (Å²) in [5.41, 5.74) is 3.58. The van der Waals surface area contributed by atoms with E-state index < -0.39 is 0 Å². The molecule has 0 saturated carbocycles. The van der Waals surface area contributed by atoms with Crippen molar-refractivity contribution in [3.8, 4) is 5.75 Å². The summed E-state index contributed by atoms with van der Waals surface area (Å²) in [6.45, 7) is 0. The highest BCUT2D eigenvalue weighted by molar-refractivity contribution is 5.82. The first kappa shape index (κ1) is 11.0. The molecular weight excluding hydrogens is 216 g/mol. The Balaban J connectivity index is 2.04. The van der Waals surface area contributed by atoms with E-state index in [2.05, 4.69) is 10.5 Å². The van der Waals surface area contributed by atoms with Crippen molar-refractivity contribution in [1.29, 1.82) is 0 Å². The summed E-state index contributed by atoms with van der Waals surface area (Å²) in [5.74, 6) is -0.152. The quantitative estimate of drug-likeness (QED) is 0.468. The number of para-hydroxylation sites is 1. The van der Waals surface area contributed by atoms with E-state index in [1.807, 2.05) is 12.2 Å². The summed E-state index contributed by atoms with van der Waals surface area (Å²) < 4.78 is 0. The summed E-state index contributed by atoms with van der Waals surface area (Å²) in [7, 11) is 0. The maximum Gasteiger partial charge on any atom is 0.212 e. The molecule has 17 heavy (non-hydrogen) atoms. The van der Waals surface area contributed by atoms with E-state index in [4.69, 9.17) is 0 Å². The van der Waals surface area contributed by atoms with Crippen molar-refractivity contribution in [2.75, 3.05) is 0 Å². The lowest BCUT2D eigenvalue weighted by atomic mass is 10.2. The molecular formula is C13H11N2O2-. The Morgan fingerprint density at radius 1 is 1.24 bits per heavy atom. The standard InChI is InChI=1S/C13H12N2O2/c16-12-8-4-3-7-11(12)9-14-15-13(17)10-5-1-2-6-10/h1-9,15-17H/p-1/b14-9+. The zero-order valence-corrected chi connectivity index (χ0v) is 9.00. The Bertz CT molecular complexity index is 514. The molecule has 0 fully saturated rings. The molecule has 0 atom stereocenters. The van der Waals surface area contributed by atoms with Gasteiger partial charge < -0.3 is 10.2 Å². The van der Waals surface area contributed by atoms with Crippen LogP contribution in [0.4, 0.5) is 0 Å². The van der Waals surface area contributed by atoms with Crippen LogP contribution in [0.1, 0.15) is 5.56 Å². The SMILES string of the molecule is [O-]c1ccccc1/C=N/NC(O)=C1C=CC=C1. The lowest BCUT2D eigenvalue weighted by Crippen LogP contribution is -2.07. The molecule has 86 valence electrons. The van der Waals surface area contributed by atoms with E-state index in [1.165, 1.54) is 12.3 Å². The van der Waals surface area contributed by atoms with Gasteiger partial charge in [-0.15, -0.1) is 0 Å². The second-order valence-electron chi connectivity index (χ2n) is 3.43. The average molecular weight is 227 g/mol. The van der Waals surface area contributed by atoms with Gasteiger partial charge in [-0.05, 0) is 17.7 Å². The van der Waals surface area contributed by atoms with Crippen molar-refractivity contribution in [1.82, 2.24) is 5.43 Å². The molecule has 0 aliphatic heterocycles. The molecule has 2 N–H and O–H groups in total. The molecule has 0 aromatic heterocycles. The van der Waals surface area contributed by atoms with Crippen LogP contribution in [-0.4, -0.2) is 11.3 Å². The van der Waals surface area contributed by atoms with Crippen LogP contribution in [-0.2, 0) is 0 Å². The van der Waals surface area contributed by atoms with Crippen LogP contribution in [0.3, 0.4) is 0 Å². The van der Waals surface area contributed by atoms with Crippen LogP contribution in [0.15, 0.2) is 65.1 Å². The molecule has 0 spiro atoms. The molecule has 4 heteroatoms. The van der Waals surface area contributed by atoms with E-state index in [0.29, 0.717) is 11.1 Å². The second kappa shape index (κ2) is 5.03. The molecule has 0 heterocycles. The van der Waals surface area contributed by atoms with Crippen LogP contribution in [0.5, 0.6) is 5.75 Å². The molecule has 0 radical (unpaired) electrons. The van der Waals surface area contributed by atoms with Crippen LogP contribution >= 0.6 is 0 Å². The minimum absolute atomic E-state index is 0.0466. The minimum atomic E-state index is -0.106. The Labute approximate surface area is 98.9 Å². The van der Waals surface area contributed by atoms with Crippen molar-refractivity contribution in [2.45, 2.75) is 0 Å². The number of nitrogens with one attached hydrogen (secondary N) is 1. The number of rotatable bonds is 3. The van der Waals surface area contributed by atoms with Gasteiger partial charge in [0.15, 0.2) is 0 Å². The molecule has 1 aromatic carbocycles. The van der Waals surface area contributed by atoms with E-state index >= 15 is 0 Å². The van der Waals surface area contributed by atoms with Gasteiger partial charge in [-0.25, -0.2) is 5.43 Å². The average Bonchev–Trinajstić information content (AvgIpc) is 2.85. The minimum Gasteiger partial charge on any atom is -0.872 e. The number of nitrogens with zero attached hydrogens (tertiary/aromatic N) is 1. The monoisotopic (exact) mass is 227 g/mol. The fourth-order valence-electron chi connectivity index (χ4n) is 1.35. The molecule has 1 aliphatic carbocycles. The fourth-order valence-corrected chi connectivity index (χ4v) is 1.35. The third-order valence-corrected chi connectivity index (χ3v) is 2.23. The van der Waals surface area contributed by atoms with Gasteiger partial charge in [-0.3, -0.25) is 0 Å². The molecule has 4 nitrogen and oxygen atoms in total. The van der Waals surface area contributed by atoms with E-state index in [0.717, 1.165) is 0 Å². The normalized spacial score (nSPS) is 13.5. The Hall–Kier alpha value is -2.49.